The van der Waals surface area contributed by atoms with Gasteiger partial charge in [-0.05, 0) is 54.0 Å². The van der Waals surface area contributed by atoms with Crippen molar-refractivity contribution in [3.63, 3.8) is 0 Å². The van der Waals surface area contributed by atoms with Gasteiger partial charge >= 0.3 is 5.97 Å². The molecule has 0 bridgehead atoms. The lowest BCUT2D eigenvalue weighted by Crippen LogP contribution is -2.25. The number of nitrogens with zero attached hydrogens (tertiary/aromatic N) is 1. The molecule has 1 amide bonds. The minimum Gasteiger partial charge on any atom is -0.465 e. The first-order chi connectivity index (χ1) is 18.1. The highest BCUT2D eigenvalue weighted by molar-refractivity contribution is 9.10. The van der Waals surface area contributed by atoms with Crippen LogP contribution in [0.3, 0.4) is 0 Å². The molecule has 0 spiro atoms. The molecular formula is C30H23BrN2O4. The quantitative estimate of drug-likeness (QED) is 0.0935. The van der Waals surface area contributed by atoms with Gasteiger partial charge in [0.2, 0.25) is 5.91 Å². The normalized spacial score (nSPS) is 16.1. The van der Waals surface area contributed by atoms with Gasteiger partial charge in [0.05, 0.1) is 18.4 Å². The van der Waals surface area contributed by atoms with Crippen LogP contribution in [-0.4, -0.2) is 18.1 Å². The van der Waals surface area contributed by atoms with E-state index in [0.717, 1.165) is 15.6 Å². The van der Waals surface area contributed by atoms with Gasteiger partial charge in [0.15, 0.2) is 0 Å². The summed E-state index contributed by atoms with van der Waals surface area (Å²) in [6.45, 7) is 0. The Labute approximate surface area is 222 Å². The monoisotopic (exact) mass is 554 g/mol. The van der Waals surface area contributed by atoms with Crippen molar-refractivity contribution < 1.29 is 18.7 Å². The highest BCUT2D eigenvalue weighted by Crippen LogP contribution is 2.58. The molecule has 0 radical (unpaired) electrons. The molecule has 0 unspecified atom stereocenters. The molecule has 37 heavy (non-hydrogen) atoms. The third-order valence-corrected chi connectivity index (χ3v) is 6.84. The summed E-state index contributed by atoms with van der Waals surface area (Å²) in [5, 5.41) is 4.18. The second-order valence-corrected chi connectivity index (χ2v) is 9.56. The molecule has 5 rings (SSSR count). The molecule has 0 aliphatic heterocycles. The van der Waals surface area contributed by atoms with E-state index in [1.165, 1.54) is 24.6 Å². The zero-order chi connectivity index (χ0) is 25.7. The van der Waals surface area contributed by atoms with Gasteiger partial charge in [0, 0.05) is 21.5 Å². The fourth-order valence-electron chi connectivity index (χ4n) is 4.49. The average Bonchev–Trinajstić information content (AvgIpc) is 3.48. The predicted molar refractivity (Wildman–Crippen MR) is 145 cm³/mol. The summed E-state index contributed by atoms with van der Waals surface area (Å²) in [5.41, 5.74) is 5.04. The molecule has 1 aliphatic carbocycles. The van der Waals surface area contributed by atoms with Crippen molar-refractivity contribution >= 4 is 40.1 Å². The van der Waals surface area contributed by atoms with Crippen LogP contribution < -0.4 is 10.2 Å². The SMILES string of the molecule is O=C(/C=C/c1ccco1)Oc1ccc(Br)cc1/C=N\NC(=O)[C@H]1CC1(c1ccccc1)c1ccccc1. The third-order valence-electron chi connectivity index (χ3n) is 6.34. The lowest BCUT2D eigenvalue weighted by atomic mass is 9.85. The van der Waals surface area contributed by atoms with E-state index in [0.29, 0.717) is 23.5 Å². The Balaban J connectivity index is 1.29. The Kier molecular flexibility index (Phi) is 7.14. The Morgan fingerprint density at radius 2 is 1.68 bits per heavy atom. The molecule has 184 valence electrons. The molecule has 7 heteroatoms. The largest absolute Gasteiger partial charge is 0.465 e. The summed E-state index contributed by atoms with van der Waals surface area (Å²) in [7, 11) is 0. The fraction of sp³-hybridized carbons (Fsp3) is 0.100. The molecule has 1 atom stereocenters. The van der Waals surface area contributed by atoms with Gasteiger partial charge in [-0.15, -0.1) is 0 Å². The van der Waals surface area contributed by atoms with Gasteiger partial charge in [-0.25, -0.2) is 10.2 Å². The van der Waals surface area contributed by atoms with Crippen LogP contribution in [0, 0.1) is 5.92 Å². The summed E-state index contributed by atoms with van der Waals surface area (Å²) >= 11 is 3.42. The highest BCUT2D eigenvalue weighted by Gasteiger charge is 2.60. The minimum atomic E-state index is -0.564. The van der Waals surface area contributed by atoms with E-state index < -0.39 is 5.97 Å². The van der Waals surface area contributed by atoms with Crippen LogP contribution in [0.5, 0.6) is 5.75 Å². The Morgan fingerprint density at radius 1 is 0.973 bits per heavy atom. The Hall–Kier alpha value is -4.23. The summed E-state index contributed by atoms with van der Waals surface area (Å²) in [6, 6.07) is 28.8. The number of furan rings is 1. The number of amides is 1. The molecule has 1 saturated carbocycles. The lowest BCUT2D eigenvalue weighted by molar-refractivity contribution is -0.129. The van der Waals surface area contributed by atoms with Crippen LogP contribution in [0.15, 0.2) is 117 Å². The summed E-state index contributed by atoms with van der Waals surface area (Å²) in [6.07, 6.45) is 6.49. The first-order valence-corrected chi connectivity index (χ1v) is 12.5. The smallest absolute Gasteiger partial charge is 0.336 e. The number of halogens is 1. The molecule has 6 nitrogen and oxygen atoms in total. The van der Waals surface area contributed by atoms with E-state index in [9.17, 15) is 9.59 Å². The Bertz CT molecular complexity index is 1410. The van der Waals surface area contributed by atoms with Crippen LogP contribution in [0.4, 0.5) is 0 Å². The van der Waals surface area contributed by atoms with Gasteiger partial charge < -0.3 is 9.15 Å². The van der Waals surface area contributed by atoms with Crippen LogP contribution >= 0.6 is 15.9 Å². The van der Waals surface area contributed by atoms with Crippen LogP contribution in [-0.2, 0) is 15.0 Å². The van der Waals surface area contributed by atoms with Gasteiger partial charge in [-0.3, -0.25) is 4.79 Å². The number of benzene rings is 3. The summed E-state index contributed by atoms with van der Waals surface area (Å²) in [5.74, 6) is -0.130. The number of nitrogens with one attached hydrogen (secondary N) is 1. The predicted octanol–water partition coefficient (Wildman–Crippen LogP) is 6.12. The number of hydrogen-bond donors (Lipinski definition) is 1. The van der Waals surface area contributed by atoms with Gasteiger partial charge in [-0.2, -0.15) is 5.10 Å². The number of hydrazone groups is 1. The maximum atomic E-state index is 13.1. The summed E-state index contributed by atoms with van der Waals surface area (Å²) < 4.78 is 11.4. The zero-order valence-electron chi connectivity index (χ0n) is 19.7. The number of carbonyl (C=O) groups excluding carboxylic acids is 2. The maximum Gasteiger partial charge on any atom is 0.336 e. The minimum absolute atomic E-state index is 0.168. The first-order valence-electron chi connectivity index (χ1n) is 11.7. The van der Waals surface area contributed by atoms with E-state index >= 15 is 0 Å². The molecular weight excluding hydrogens is 532 g/mol. The number of rotatable bonds is 8. The van der Waals surface area contributed by atoms with Crippen LogP contribution in [0.2, 0.25) is 0 Å². The molecule has 1 fully saturated rings. The summed E-state index contributed by atoms with van der Waals surface area (Å²) in [4.78, 5) is 25.4. The molecule has 3 aromatic carbocycles. The topological polar surface area (TPSA) is 80.9 Å². The van der Waals surface area contributed by atoms with Crippen molar-refractivity contribution in [1.82, 2.24) is 5.43 Å². The third kappa shape index (κ3) is 5.47. The number of hydrogen-bond acceptors (Lipinski definition) is 5. The van der Waals surface area contributed by atoms with Crippen LogP contribution in [0.25, 0.3) is 6.08 Å². The highest BCUT2D eigenvalue weighted by atomic mass is 79.9. The molecule has 1 aliphatic rings. The molecule has 1 heterocycles. The van der Waals surface area contributed by atoms with E-state index in [4.69, 9.17) is 9.15 Å². The van der Waals surface area contributed by atoms with E-state index in [1.54, 1.807) is 30.3 Å². The van der Waals surface area contributed by atoms with E-state index in [1.807, 2.05) is 36.4 Å². The van der Waals surface area contributed by atoms with E-state index in [2.05, 4.69) is 50.7 Å². The molecule has 1 N–H and O–H groups in total. The van der Waals surface area contributed by atoms with Crippen molar-refractivity contribution in [2.45, 2.75) is 11.8 Å². The fourth-order valence-corrected chi connectivity index (χ4v) is 4.87. The van der Waals surface area contributed by atoms with Crippen molar-refractivity contribution in [3.8, 4) is 5.75 Å². The first kappa shape index (κ1) is 24.5. The van der Waals surface area contributed by atoms with Gasteiger partial charge in [-0.1, -0.05) is 76.6 Å². The average molecular weight is 555 g/mol. The van der Waals surface area contributed by atoms with Crippen molar-refractivity contribution in [2.75, 3.05) is 0 Å². The molecule has 0 saturated heterocycles. The standard InChI is InChI=1S/C30H23BrN2O4/c31-24-13-15-27(37-28(34)16-14-25-12-7-17-36-25)21(18-24)20-32-33-29(35)26-19-30(26,22-8-3-1-4-9-22)23-10-5-2-6-11-23/h1-18,20,26H,19H2,(H,33,35)/b16-14+,32-20-/t26-/m1/s1. The maximum absolute atomic E-state index is 13.1. The van der Waals surface area contributed by atoms with Crippen molar-refractivity contribution in [2.24, 2.45) is 11.0 Å². The number of esters is 1. The van der Waals surface area contributed by atoms with Crippen molar-refractivity contribution in [3.05, 3.63) is 130 Å². The van der Waals surface area contributed by atoms with E-state index in [-0.39, 0.29) is 17.2 Å². The molecule has 1 aromatic heterocycles. The van der Waals surface area contributed by atoms with Gasteiger partial charge in [0.1, 0.15) is 11.5 Å². The van der Waals surface area contributed by atoms with Gasteiger partial charge in [0.25, 0.3) is 0 Å². The Morgan fingerprint density at radius 3 is 2.32 bits per heavy atom. The second-order valence-electron chi connectivity index (χ2n) is 8.65. The molecule has 4 aromatic rings. The number of carbonyl (C=O) groups is 2. The zero-order valence-corrected chi connectivity index (χ0v) is 21.3. The van der Waals surface area contributed by atoms with Crippen LogP contribution in [0.1, 0.15) is 28.9 Å². The second kappa shape index (κ2) is 10.8. The van der Waals surface area contributed by atoms with Crippen molar-refractivity contribution in [1.29, 1.82) is 0 Å². The lowest BCUT2D eigenvalue weighted by Gasteiger charge is -2.18. The number of ether oxygens (including phenoxy) is 1.